The van der Waals surface area contributed by atoms with Gasteiger partial charge < -0.3 is 15.1 Å². The Kier molecular flexibility index (Phi) is 5.22. The van der Waals surface area contributed by atoms with Crippen LogP contribution in [-0.4, -0.2) is 40.8 Å². The molecule has 0 saturated heterocycles. The number of fused-ring (bicyclic) bond motifs is 1. The van der Waals surface area contributed by atoms with E-state index in [2.05, 4.69) is 14.7 Å². The number of likely N-dealkylation sites (N-methyl/N-ethyl adjacent to an activating group) is 1. The largest absolute Gasteiger partial charge is 0.341 e. The molecule has 0 spiro atoms. The van der Waals surface area contributed by atoms with Gasteiger partial charge in [-0.1, -0.05) is 26.0 Å². The molecule has 7 nitrogen and oxygen atoms in total. The molecular weight excluding hydrogens is 350 g/mol. The van der Waals surface area contributed by atoms with Gasteiger partial charge in [-0.3, -0.25) is 9.59 Å². The molecule has 3 rings (SSSR count). The lowest BCUT2D eigenvalue weighted by molar-refractivity contribution is -0.118. The smallest absolute Gasteiger partial charge is 0.246 e. The molecule has 0 radical (unpaired) electrons. The lowest BCUT2D eigenvalue weighted by Gasteiger charge is -2.29. The number of amides is 2. The number of hydrogen-bond donors (Lipinski definition) is 1. The molecule has 0 aliphatic carbocycles. The van der Waals surface area contributed by atoms with Crippen molar-refractivity contribution in [2.45, 2.75) is 39.2 Å². The summed E-state index contributed by atoms with van der Waals surface area (Å²) in [5, 5.41) is 3.59. The second-order valence-electron chi connectivity index (χ2n) is 6.83. The number of anilines is 3. The van der Waals surface area contributed by atoms with Gasteiger partial charge in [-0.05, 0) is 19.1 Å². The van der Waals surface area contributed by atoms with E-state index in [4.69, 9.17) is 0 Å². The summed E-state index contributed by atoms with van der Waals surface area (Å²) in [7, 11) is 1.83. The molecule has 2 heterocycles. The van der Waals surface area contributed by atoms with E-state index in [0.29, 0.717) is 10.8 Å². The Balaban J connectivity index is 1.82. The van der Waals surface area contributed by atoms with Crippen molar-refractivity contribution < 1.29 is 9.59 Å². The van der Waals surface area contributed by atoms with Gasteiger partial charge in [0, 0.05) is 37.0 Å². The minimum atomic E-state index is -0.222. The van der Waals surface area contributed by atoms with Gasteiger partial charge in [-0.2, -0.15) is 4.37 Å². The normalized spacial score (nSPS) is 16.9. The summed E-state index contributed by atoms with van der Waals surface area (Å²) in [5.41, 5.74) is 1.39. The summed E-state index contributed by atoms with van der Waals surface area (Å²) >= 11 is 1.29. The van der Waals surface area contributed by atoms with Gasteiger partial charge in [0.15, 0.2) is 0 Å². The molecule has 26 heavy (non-hydrogen) atoms. The van der Waals surface area contributed by atoms with E-state index in [0.717, 1.165) is 11.5 Å². The summed E-state index contributed by atoms with van der Waals surface area (Å²) in [5.74, 6) is 0.871. The van der Waals surface area contributed by atoms with E-state index in [1.165, 1.54) is 11.5 Å². The molecule has 0 saturated carbocycles. The van der Waals surface area contributed by atoms with Crippen LogP contribution in [0, 0.1) is 0 Å². The van der Waals surface area contributed by atoms with Crippen molar-refractivity contribution in [1.82, 2.24) is 9.36 Å². The van der Waals surface area contributed by atoms with Gasteiger partial charge >= 0.3 is 0 Å². The minimum absolute atomic E-state index is 0.0785. The molecule has 1 aromatic carbocycles. The maximum Gasteiger partial charge on any atom is 0.246 e. The fraction of sp³-hybridized carbons (Fsp3) is 0.444. The highest BCUT2D eigenvalue weighted by atomic mass is 32.1. The highest BCUT2D eigenvalue weighted by Gasteiger charge is 2.30. The van der Waals surface area contributed by atoms with Crippen molar-refractivity contribution in [2.75, 3.05) is 28.7 Å². The molecular formula is C18H23N5O2S. The predicted molar refractivity (Wildman–Crippen MR) is 104 cm³/mol. The number of benzene rings is 1. The molecule has 138 valence electrons. The molecule has 1 aliphatic rings. The zero-order valence-electron chi connectivity index (χ0n) is 15.4. The van der Waals surface area contributed by atoms with Crippen LogP contribution >= 0.6 is 11.5 Å². The zero-order chi connectivity index (χ0) is 18.8. The summed E-state index contributed by atoms with van der Waals surface area (Å²) in [6.07, 6.45) is 0.264. The van der Waals surface area contributed by atoms with Crippen molar-refractivity contribution in [3.05, 3.63) is 30.1 Å². The minimum Gasteiger partial charge on any atom is -0.341 e. The number of para-hydroxylation sites is 2. The van der Waals surface area contributed by atoms with E-state index in [-0.39, 0.29) is 36.7 Å². The van der Waals surface area contributed by atoms with Gasteiger partial charge in [0.1, 0.15) is 5.82 Å². The molecule has 8 heteroatoms. The molecule has 1 N–H and O–H groups in total. The Morgan fingerprint density at radius 2 is 2.15 bits per heavy atom. The first-order chi connectivity index (χ1) is 12.4. The van der Waals surface area contributed by atoms with Crippen LogP contribution in [0.3, 0.4) is 0 Å². The lowest BCUT2D eigenvalue weighted by Crippen LogP contribution is -2.44. The second kappa shape index (κ2) is 7.41. The third kappa shape index (κ3) is 3.70. The van der Waals surface area contributed by atoms with E-state index < -0.39 is 0 Å². The highest BCUT2D eigenvalue weighted by molar-refractivity contribution is 7.09. The fourth-order valence-corrected chi connectivity index (χ4v) is 3.70. The van der Waals surface area contributed by atoms with Gasteiger partial charge in [0.2, 0.25) is 16.9 Å². The van der Waals surface area contributed by atoms with Crippen LogP contribution in [0.15, 0.2) is 24.3 Å². The summed E-state index contributed by atoms with van der Waals surface area (Å²) in [6, 6.07) is 7.16. The molecule has 0 fully saturated rings. The average Bonchev–Trinajstić information content (AvgIpc) is 3.02. The second-order valence-corrected chi connectivity index (χ2v) is 7.56. The van der Waals surface area contributed by atoms with Crippen molar-refractivity contribution in [3.63, 3.8) is 0 Å². The highest BCUT2D eigenvalue weighted by Crippen LogP contribution is 2.31. The summed E-state index contributed by atoms with van der Waals surface area (Å²) in [4.78, 5) is 33.1. The predicted octanol–water partition coefficient (Wildman–Crippen LogP) is 2.86. The van der Waals surface area contributed by atoms with Crippen molar-refractivity contribution in [2.24, 2.45) is 0 Å². The maximum atomic E-state index is 13.1. The van der Waals surface area contributed by atoms with Crippen LogP contribution in [0.2, 0.25) is 0 Å². The van der Waals surface area contributed by atoms with E-state index in [9.17, 15) is 9.59 Å². The van der Waals surface area contributed by atoms with Gasteiger partial charge in [-0.15, -0.1) is 0 Å². The first-order valence-corrected chi connectivity index (χ1v) is 9.40. The zero-order valence-corrected chi connectivity index (χ0v) is 16.2. The standard InChI is InChI=1S/C18H23N5O2S/c1-11(2)17-20-18(26-21-17)22(4)10-16(25)23-12(3)9-15(24)19-13-7-5-6-8-14(13)23/h5-8,11-12H,9-10H2,1-4H3,(H,19,24). The number of carbonyl (C=O) groups excluding carboxylic acids is 2. The topological polar surface area (TPSA) is 78.4 Å². The Morgan fingerprint density at radius 3 is 2.85 bits per heavy atom. The Morgan fingerprint density at radius 1 is 1.42 bits per heavy atom. The first kappa shape index (κ1) is 18.3. The van der Waals surface area contributed by atoms with Crippen LogP contribution in [0.1, 0.15) is 38.9 Å². The van der Waals surface area contributed by atoms with Crippen LogP contribution in [0.4, 0.5) is 16.5 Å². The third-order valence-corrected chi connectivity index (χ3v) is 5.12. The number of nitrogens with zero attached hydrogens (tertiary/aromatic N) is 4. The molecule has 2 amide bonds. The SMILES string of the molecule is CC(C)c1nsc(N(C)CC(=O)N2c3ccccc3NC(=O)CC2C)n1. The van der Waals surface area contributed by atoms with Crippen molar-refractivity contribution in [3.8, 4) is 0 Å². The average molecular weight is 373 g/mol. The van der Waals surface area contributed by atoms with E-state index >= 15 is 0 Å². The number of carbonyl (C=O) groups is 2. The third-order valence-electron chi connectivity index (χ3n) is 4.27. The van der Waals surface area contributed by atoms with Gasteiger partial charge in [-0.25, -0.2) is 4.98 Å². The summed E-state index contributed by atoms with van der Waals surface area (Å²) in [6.45, 7) is 6.13. The number of rotatable bonds is 4. The fourth-order valence-electron chi connectivity index (χ4n) is 2.93. The quantitative estimate of drug-likeness (QED) is 0.892. The van der Waals surface area contributed by atoms with Crippen LogP contribution in [0.25, 0.3) is 0 Å². The monoisotopic (exact) mass is 373 g/mol. The lowest BCUT2D eigenvalue weighted by atomic mass is 10.1. The molecule has 1 aromatic heterocycles. The first-order valence-electron chi connectivity index (χ1n) is 8.62. The maximum absolute atomic E-state index is 13.1. The number of aromatic nitrogens is 2. The van der Waals surface area contributed by atoms with E-state index in [1.54, 1.807) is 9.80 Å². The molecule has 1 aliphatic heterocycles. The Labute approximate surface area is 157 Å². The number of nitrogens with one attached hydrogen (secondary N) is 1. The Bertz CT molecular complexity index is 819. The van der Waals surface area contributed by atoms with Crippen LogP contribution in [0.5, 0.6) is 0 Å². The molecule has 2 aromatic rings. The molecule has 1 unspecified atom stereocenters. The van der Waals surface area contributed by atoms with Crippen molar-refractivity contribution in [1.29, 1.82) is 0 Å². The van der Waals surface area contributed by atoms with Gasteiger partial charge in [0.25, 0.3) is 0 Å². The molecule has 1 atom stereocenters. The van der Waals surface area contributed by atoms with Crippen LogP contribution in [-0.2, 0) is 9.59 Å². The summed E-state index contributed by atoms with van der Waals surface area (Å²) < 4.78 is 4.34. The van der Waals surface area contributed by atoms with Crippen LogP contribution < -0.4 is 15.1 Å². The molecule has 0 bridgehead atoms. The van der Waals surface area contributed by atoms with E-state index in [1.807, 2.05) is 52.1 Å². The van der Waals surface area contributed by atoms with Crippen molar-refractivity contribution >= 4 is 39.9 Å². The van der Waals surface area contributed by atoms with Gasteiger partial charge in [0.05, 0.1) is 17.9 Å². The Hall–Kier alpha value is -2.48. The number of hydrogen-bond acceptors (Lipinski definition) is 6.